The smallest absolute Gasteiger partial charge is 0.277 e. The number of nitro benzene ring substituents is 4. The summed E-state index contributed by atoms with van der Waals surface area (Å²) >= 11 is 5.07. The molecule has 0 amide bonds. The molecule has 63 heavy (non-hydrogen) atoms. The summed E-state index contributed by atoms with van der Waals surface area (Å²) in [6.45, 7) is 0.577. The molecule has 0 saturated heterocycles. The van der Waals surface area contributed by atoms with Gasteiger partial charge in [-0.2, -0.15) is 0 Å². The Morgan fingerprint density at radius 2 is 0.841 bits per heavy atom. The summed E-state index contributed by atoms with van der Waals surface area (Å²) in [7, 11) is 0. The van der Waals surface area contributed by atoms with E-state index in [9.17, 15) is 54.8 Å². The maximum absolute atomic E-state index is 12.1. The fourth-order valence-electron chi connectivity index (χ4n) is 5.14. The Kier molecular flexibility index (Phi) is 19.1. The molecule has 324 valence electrons. The first-order chi connectivity index (χ1) is 30.0. The van der Waals surface area contributed by atoms with Crippen molar-refractivity contribution in [2.75, 3.05) is 11.5 Å². The van der Waals surface area contributed by atoms with Crippen LogP contribution in [0.4, 0.5) is 34.1 Å². The van der Waals surface area contributed by atoms with Crippen LogP contribution in [0.2, 0.25) is 0 Å². The quantitative estimate of drug-likeness (QED) is 0.0320. The molecule has 3 aromatic carbocycles. The van der Waals surface area contributed by atoms with Crippen LogP contribution >= 0.6 is 11.6 Å². The third-order valence-electron chi connectivity index (χ3n) is 8.18. The van der Waals surface area contributed by atoms with E-state index in [2.05, 4.69) is 15.0 Å². The molecular formula is C41H37ClN10O11. The van der Waals surface area contributed by atoms with Crippen LogP contribution in [0.15, 0.2) is 128 Å². The molecule has 21 nitrogen and oxygen atoms in total. The average molecular weight is 881 g/mol. The molecule has 6 aromatic rings. The van der Waals surface area contributed by atoms with Gasteiger partial charge in [0, 0.05) is 109 Å². The molecule has 0 aliphatic heterocycles. The van der Waals surface area contributed by atoms with Crippen molar-refractivity contribution in [2.45, 2.75) is 32.2 Å². The Morgan fingerprint density at radius 3 is 1.13 bits per heavy atom. The number of hydrogen-bond acceptors (Lipinski definition) is 17. The van der Waals surface area contributed by atoms with Crippen molar-refractivity contribution in [3.8, 4) is 0 Å². The maximum Gasteiger partial charge on any atom is 0.277 e. The Morgan fingerprint density at radius 1 is 0.508 bits per heavy atom. The Balaban J connectivity index is 0.000000234. The highest BCUT2D eigenvalue weighted by Gasteiger charge is 2.20. The zero-order chi connectivity index (χ0) is 46.5. The molecule has 3 aromatic heterocycles. The highest BCUT2D eigenvalue weighted by Crippen LogP contribution is 2.25. The summed E-state index contributed by atoms with van der Waals surface area (Å²) in [6.07, 6.45) is 11.8. The van der Waals surface area contributed by atoms with Gasteiger partial charge >= 0.3 is 0 Å². The van der Waals surface area contributed by atoms with Gasteiger partial charge in [0.1, 0.15) is 0 Å². The molecule has 0 fully saturated rings. The summed E-state index contributed by atoms with van der Waals surface area (Å²) < 4.78 is 0. The van der Waals surface area contributed by atoms with E-state index in [1.165, 1.54) is 0 Å². The predicted molar refractivity (Wildman–Crippen MR) is 231 cm³/mol. The van der Waals surface area contributed by atoms with Gasteiger partial charge in [0.15, 0.2) is 11.6 Å². The first kappa shape index (κ1) is 48.9. The highest BCUT2D eigenvalue weighted by molar-refractivity contribution is 6.67. The molecule has 0 bridgehead atoms. The van der Waals surface area contributed by atoms with Crippen molar-refractivity contribution in [1.82, 2.24) is 15.0 Å². The largest absolute Gasteiger partial charge is 0.399 e. The highest BCUT2D eigenvalue weighted by atomic mass is 35.5. The normalized spacial score (nSPS) is 9.94. The minimum atomic E-state index is -0.984. The van der Waals surface area contributed by atoms with Crippen molar-refractivity contribution in [1.29, 1.82) is 0 Å². The molecule has 0 saturated carbocycles. The number of non-ortho nitro benzene ring substituents is 4. The lowest BCUT2D eigenvalue weighted by Crippen LogP contribution is -2.04. The number of carbonyl (C=O) groups excluding carboxylic acids is 3. The van der Waals surface area contributed by atoms with Gasteiger partial charge in [-0.05, 0) is 77.5 Å². The number of nitrogens with two attached hydrogens (primary N) is 3. The van der Waals surface area contributed by atoms with E-state index in [0.717, 1.165) is 53.1 Å². The second kappa shape index (κ2) is 24.6. The number of aryl methyl sites for hydroxylation is 2. The molecule has 0 unspecified atom stereocenters. The standard InChI is InChI=1S/C14H11N3O5.C14H15N3O.C7H3ClN2O5.C6H8N2/c18-14(4-3-10-2-1-5-15-9-10)11-6-12(16(19)20)8-13(7-11)17(21)22;15-12-6-11(7-13(16)8-12)14(18)4-3-10-2-1-5-17-9-10;8-7(11)4-1-5(9(12)13)3-6(2-4)10(14)15;7-4-6-2-1-3-8-5-6/h1-2,5-9H,3-4H2;1-2,5-9H,3-4,15-16H2;1-3H;1-3,5H,4,7H2. The summed E-state index contributed by atoms with van der Waals surface area (Å²) in [5.41, 5.74) is 18.8. The number of nitro groups is 4. The molecule has 0 atom stereocenters. The van der Waals surface area contributed by atoms with Gasteiger partial charge in [-0.25, -0.2) is 0 Å². The fourth-order valence-corrected chi connectivity index (χ4v) is 5.25. The van der Waals surface area contributed by atoms with E-state index < -0.39 is 53.5 Å². The molecule has 0 aliphatic rings. The van der Waals surface area contributed by atoms with Gasteiger partial charge in [0.2, 0.25) is 0 Å². The van der Waals surface area contributed by atoms with E-state index in [4.69, 9.17) is 28.8 Å². The number of carbonyl (C=O) groups is 3. The SMILES string of the molecule is NCc1cccnc1.Nc1cc(N)cc(C(=O)CCc2cccnc2)c1.O=C(CCc1cccnc1)c1cc([N+](=O)[O-])cc([N+](=O)[O-])c1.O=C(Cl)c1cc([N+](=O)[O-])cc([N+](=O)[O-])c1. The minimum absolute atomic E-state index is 0.0372. The summed E-state index contributed by atoms with van der Waals surface area (Å²) in [5, 5.41) is 41.4. The first-order valence-electron chi connectivity index (χ1n) is 18.1. The van der Waals surface area contributed by atoms with Gasteiger partial charge in [-0.3, -0.25) is 69.8 Å². The van der Waals surface area contributed by atoms with Crippen molar-refractivity contribution in [3.05, 3.63) is 202 Å². The van der Waals surface area contributed by atoms with Crippen LogP contribution in [0, 0.1) is 40.5 Å². The average Bonchev–Trinajstić information content (AvgIpc) is 3.28. The Labute approximate surface area is 362 Å². The Bertz CT molecular complexity index is 2440. The van der Waals surface area contributed by atoms with E-state index >= 15 is 0 Å². The summed E-state index contributed by atoms with van der Waals surface area (Å²) in [5.74, 6) is -0.353. The number of rotatable bonds is 14. The maximum atomic E-state index is 12.1. The van der Waals surface area contributed by atoms with E-state index in [1.807, 2.05) is 24.3 Å². The molecule has 0 radical (unpaired) electrons. The topological polar surface area (TPSA) is 340 Å². The van der Waals surface area contributed by atoms with Crippen LogP contribution in [-0.2, 0) is 19.4 Å². The number of ketones is 2. The minimum Gasteiger partial charge on any atom is -0.399 e. The van der Waals surface area contributed by atoms with Crippen molar-refractivity contribution in [2.24, 2.45) is 5.73 Å². The zero-order valence-corrected chi connectivity index (χ0v) is 33.6. The van der Waals surface area contributed by atoms with Crippen LogP contribution in [0.1, 0.15) is 60.6 Å². The molecule has 22 heteroatoms. The fraction of sp³-hybridized carbons (Fsp3) is 0.122. The van der Waals surface area contributed by atoms with Gasteiger partial charge in [0.25, 0.3) is 28.0 Å². The number of benzene rings is 3. The molecular weight excluding hydrogens is 844 g/mol. The number of anilines is 2. The second-order valence-electron chi connectivity index (χ2n) is 12.8. The van der Waals surface area contributed by atoms with Gasteiger partial charge in [0.05, 0.1) is 31.8 Å². The monoisotopic (exact) mass is 880 g/mol. The van der Waals surface area contributed by atoms with Gasteiger partial charge < -0.3 is 17.2 Å². The van der Waals surface area contributed by atoms with Crippen molar-refractivity contribution >= 4 is 62.5 Å². The molecule has 0 spiro atoms. The molecule has 0 aliphatic carbocycles. The molecule has 3 heterocycles. The first-order valence-corrected chi connectivity index (χ1v) is 18.5. The number of nitrogens with zero attached hydrogens (tertiary/aromatic N) is 7. The lowest BCUT2D eigenvalue weighted by molar-refractivity contribution is -0.394. The van der Waals surface area contributed by atoms with Crippen molar-refractivity contribution in [3.63, 3.8) is 0 Å². The molecule has 6 N–H and O–H groups in total. The number of aromatic nitrogens is 3. The van der Waals surface area contributed by atoms with Crippen LogP contribution in [0.3, 0.4) is 0 Å². The number of halogens is 1. The lowest BCUT2D eigenvalue weighted by Gasteiger charge is -2.04. The van der Waals surface area contributed by atoms with Crippen LogP contribution in [0.5, 0.6) is 0 Å². The molecule has 6 rings (SSSR count). The second-order valence-corrected chi connectivity index (χ2v) is 13.1. The number of hydrogen-bond donors (Lipinski definition) is 3. The number of pyridine rings is 3. The van der Waals surface area contributed by atoms with Gasteiger partial charge in [-0.1, -0.05) is 18.2 Å². The third-order valence-corrected chi connectivity index (χ3v) is 8.40. The number of Topliss-reactive ketones (excluding diaryl/α,β-unsaturated/α-hetero) is 2. The van der Waals surface area contributed by atoms with Crippen LogP contribution in [0.25, 0.3) is 0 Å². The van der Waals surface area contributed by atoms with E-state index in [0.29, 0.717) is 42.7 Å². The summed E-state index contributed by atoms with van der Waals surface area (Å²) in [4.78, 5) is 85.8. The van der Waals surface area contributed by atoms with Crippen LogP contribution < -0.4 is 17.2 Å². The third kappa shape index (κ3) is 17.0. The van der Waals surface area contributed by atoms with E-state index in [1.54, 1.807) is 67.5 Å². The Hall–Kier alpha value is -8.43. The lowest BCUT2D eigenvalue weighted by atomic mass is 10.0. The van der Waals surface area contributed by atoms with Gasteiger partial charge in [-0.15, -0.1) is 0 Å². The predicted octanol–water partition coefficient (Wildman–Crippen LogP) is 7.20. The van der Waals surface area contributed by atoms with Crippen molar-refractivity contribution < 1.29 is 34.1 Å². The number of nitrogen functional groups attached to an aromatic ring is 2. The zero-order valence-electron chi connectivity index (χ0n) is 32.9. The van der Waals surface area contributed by atoms with Crippen LogP contribution in [-0.4, -0.2) is 51.5 Å². The van der Waals surface area contributed by atoms with E-state index in [-0.39, 0.29) is 23.3 Å². The summed E-state index contributed by atoms with van der Waals surface area (Å²) in [6, 6.07) is 21.6.